The van der Waals surface area contributed by atoms with Gasteiger partial charge in [0, 0.05) is 23.1 Å². The molecule has 0 aromatic heterocycles. The number of halogens is 3. The first kappa shape index (κ1) is 18.5. The van der Waals surface area contributed by atoms with Crippen molar-refractivity contribution in [3.05, 3.63) is 33.8 Å². The molecule has 118 valence electrons. The Morgan fingerprint density at radius 2 is 2.00 bits per heavy atom. The van der Waals surface area contributed by atoms with Crippen LogP contribution in [0.15, 0.2) is 18.2 Å². The molecule has 21 heavy (non-hydrogen) atoms. The lowest BCUT2D eigenvalue weighted by Gasteiger charge is -2.13. The van der Waals surface area contributed by atoms with Crippen LogP contribution in [0.1, 0.15) is 18.4 Å². The van der Waals surface area contributed by atoms with Crippen molar-refractivity contribution in [1.82, 2.24) is 5.32 Å². The quantitative estimate of drug-likeness (QED) is 0.855. The summed E-state index contributed by atoms with van der Waals surface area (Å²) >= 11 is 12.1. The van der Waals surface area contributed by atoms with Gasteiger partial charge in [-0.25, -0.2) is 0 Å². The van der Waals surface area contributed by atoms with E-state index in [9.17, 15) is 4.79 Å². The first-order chi connectivity index (χ1) is 9.61. The highest BCUT2D eigenvalue weighted by Gasteiger charge is 2.29. The number of hydrogen-bond donors (Lipinski definition) is 2. The third-order valence-corrected chi connectivity index (χ3v) is 4.11. The minimum atomic E-state index is -0.384. The number of amides is 1. The van der Waals surface area contributed by atoms with Crippen LogP contribution >= 0.6 is 35.6 Å². The normalized spacial score (nSPS) is 20.9. The van der Waals surface area contributed by atoms with Crippen LogP contribution in [0, 0.1) is 0 Å². The van der Waals surface area contributed by atoms with E-state index < -0.39 is 0 Å². The minimum Gasteiger partial charge on any atom is -0.364 e. The molecule has 0 aliphatic carbocycles. The van der Waals surface area contributed by atoms with Gasteiger partial charge in [0.15, 0.2) is 0 Å². The predicted molar refractivity (Wildman–Crippen MR) is 87.4 cm³/mol. The van der Waals surface area contributed by atoms with E-state index in [-0.39, 0.29) is 30.5 Å². The second-order valence-electron chi connectivity index (χ2n) is 4.80. The fourth-order valence-corrected chi connectivity index (χ4v) is 2.85. The zero-order valence-corrected chi connectivity index (χ0v) is 13.8. The molecule has 1 aliphatic rings. The van der Waals surface area contributed by atoms with E-state index in [1.165, 1.54) is 0 Å². The average Bonchev–Trinajstić information content (AvgIpc) is 2.91. The smallest absolute Gasteiger partial charge is 0.249 e. The monoisotopic (exact) mass is 352 g/mol. The number of carbonyl (C=O) groups is 1. The summed E-state index contributed by atoms with van der Waals surface area (Å²) in [5, 5.41) is 4.09. The Balaban J connectivity index is 0.00000220. The molecule has 0 spiro atoms. The molecule has 3 N–H and O–H groups in total. The van der Waals surface area contributed by atoms with Crippen molar-refractivity contribution in [3.8, 4) is 0 Å². The molecule has 1 aliphatic heterocycles. The summed E-state index contributed by atoms with van der Waals surface area (Å²) in [5.41, 5.74) is 6.37. The molecule has 4 nitrogen and oxygen atoms in total. The number of rotatable bonds is 5. The summed E-state index contributed by atoms with van der Waals surface area (Å²) in [5.74, 6) is -0.0934. The number of nitrogens with one attached hydrogen (secondary N) is 1. The first-order valence-electron chi connectivity index (χ1n) is 6.68. The van der Waals surface area contributed by atoms with Gasteiger partial charge in [-0.05, 0) is 37.0 Å². The lowest BCUT2D eigenvalue weighted by molar-refractivity contribution is -0.131. The van der Waals surface area contributed by atoms with Crippen molar-refractivity contribution in [1.29, 1.82) is 0 Å². The van der Waals surface area contributed by atoms with E-state index in [0.29, 0.717) is 29.6 Å². The van der Waals surface area contributed by atoms with Crippen LogP contribution in [0.5, 0.6) is 0 Å². The molecule has 1 heterocycles. The summed E-state index contributed by atoms with van der Waals surface area (Å²) in [6, 6.07) is 5.37. The van der Waals surface area contributed by atoms with E-state index in [1.807, 2.05) is 0 Å². The van der Waals surface area contributed by atoms with E-state index in [1.54, 1.807) is 18.2 Å². The number of ether oxygens (including phenoxy) is 1. The lowest BCUT2D eigenvalue weighted by Crippen LogP contribution is -2.36. The van der Waals surface area contributed by atoms with Gasteiger partial charge in [0.25, 0.3) is 0 Å². The highest BCUT2D eigenvalue weighted by atomic mass is 35.5. The Bertz CT molecular complexity index is 465. The van der Waals surface area contributed by atoms with Crippen LogP contribution in [0.4, 0.5) is 0 Å². The molecule has 1 aromatic rings. The third-order valence-electron chi connectivity index (χ3n) is 3.40. The highest BCUT2D eigenvalue weighted by Crippen LogP contribution is 2.24. The van der Waals surface area contributed by atoms with Crippen molar-refractivity contribution in [2.45, 2.75) is 31.5 Å². The molecule has 1 aromatic carbocycles. The van der Waals surface area contributed by atoms with Gasteiger partial charge in [-0.3, -0.25) is 4.79 Å². The molecule has 0 bridgehead atoms. The second kappa shape index (κ2) is 8.81. The molecule has 0 radical (unpaired) electrons. The molecule has 2 rings (SSSR count). The molecule has 7 heteroatoms. The number of nitrogens with two attached hydrogens (primary N) is 1. The van der Waals surface area contributed by atoms with E-state index in [2.05, 4.69) is 5.32 Å². The van der Waals surface area contributed by atoms with Crippen molar-refractivity contribution in [3.63, 3.8) is 0 Å². The summed E-state index contributed by atoms with van der Waals surface area (Å²) in [4.78, 5) is 11.9. The summed E-state index contributed by atoms with van der Waals surface area (Å²) < 4.78 is 5.53. The van der Waals surface area contributed by atoms with Crippen LogP contribution in [-0.4, -0.2) is 31.2 Å². The van der Waals surface area contributed by atoms with Crippen molar-refractivity contribution in [2.24, 2.45) is 5.73 Å². The van der Waals surface area contributed by atoms with Crippen LogP contribution in [-0.2, 0) is 16.0 Å². The number of benzene rings is 1. The van der Waals surface area contributed by atoms with Gasteiger partial charge in [-0.1, -0.05) is 29.3 Å². The molecular formula is C14H19Cl3N2O2. The summed E-state index contributed by atoms with van der Waals surface area (Å²) in [6.45, 7) is 0.939. The summed E-state index contributed by atoms with van der Waals surface area (Å²) in [6.07, 6.45) is 1.77. The largest absolute Gasteiger partial charge is 0.364 e. The van der Waals surface area contributed by atoms with Crippen LogP contribution in [0.2, 0.25) is 10.0 Å². The van der Waals surface area contributed by atoms with Gasteiger partial charge in [-0.2, -0.15) is 0 Å². The Hall–Kier alpha value is -0.520. The Labute approximate surface area is 140 Å². The third kappa shape index (κ3) is 5.01. The first-order valence-corrected chi connectivity index (χ1v) is 7.43. The van der Waals surface area contributed by atoms with Crippen LogP contribution in [0.3, 0.4) is 0 Å². The number of hydrogen-bond acceptors (Lipinski definition) is 3. The molecular weight excluding hydrogens is 335 g/mol. The van der Waals surface area contributed by atoms with E-state index in [0.717, 1.165) is 18.4 Å². The Kier molecular flexibility index (Phi) is 7.77. The standard InChI is InChI=1S/C14H18Cl2N2O2.ClH/c15-11-2-1-3-12(16)10(11)6-7-18-14(19)13-5-4-9(8-17)20-13;/h1-3,9,13H,4-8,17H2,(H,18,19);1H/t9-,13+;/m1./s1. The minimum absolute atomic E-state index is 0. The highest BCUT2D eigenvalue weighted by molar-refractivity contribution is 6.35. The SMILES string of the molecule is Cl.NC[C@H]1CC[C@@H](C(=O)NCCc2c(Cl)cccc2Cl)O1. The van der Waals surface area contributed by atoms with E-state index >= 15 is 0 Å². The predicted octanol–water partition coefficient (Wildman–Crippen LogP) is 2.58. The van der Waals surface area contributed by atoms with Gasteiger partial charge in [0.1, 0.15) is 6.10 Å². The molecule has 0 saturated carbocycles. The van der Waals surface area contributed by atoms with Crippen molar-refractivity contribution < 1.29 is 9.53 Å². The van der Waals surface area contributed by atoms with Gasteiger partial charge >= 0.3 is 0 Å². The van der Waals surface area contributed by atoms with Gasteiger partial charge in [0.05, 0.1) is 6.10 Å². The average molecular weight is 354 g/mol. The van der Waals surface area contributed by atoms with Gasteiger partial charge in [0.2, 0.25) is 5.91 Å². The zero-order valence-electron chi connectivity index (χ0n) is 11.5. The van der Waals surface area contributed by atoms with E-state index in [4.69, 9.17) is 33.7 Å². The molecule has 1 fully saturated rings. The molecule has 1 saturated heterocycles. The van der Waals surface area contributed by atoms with Crippen molar-refractivity contribution >= 4 is 41.5 Å². The fraction of sp³-hybridized carbons (Fsp3) is 0.500. The molecule has 2 atom stereocenters. The van der Waals surface area contributed by atoms with Gasteiger partial charge in [-0.15, -0.1) is 12.4 Å². The second-order valence-corrected chi connectivity index (χ2v) is 5.62. The summed E-state index contributed by atoms with van der Waals surface area (Å²) in [7, 11) is 0. The maximum atomic E-state index is 11.9. The fourth-order valence-electron chi connectivity index (χ4n) is 2.27. The Morgan fingerprint density at radius 1 is 1.33 bits per heavy atom. The molecule has 0 unspecified atom stereocenters. The topological polar surface area (TPSA) is 64.4 Å². The maximum Gasteiger partial charge on any atom is 0.249 e. The zero-order chi connectivity index (χ0) is 14.5. The number of carbonyl (C=O) groups excluding carboxylic acids is 1. The van der Waals surface area contributed by atoms with Crippen LogP contribution < -0.4 is 11.1 Å². The lowest BCUT2D eigenvalue weighted by atomic mass is 10.1. The molecule has 1 amide bonds. The van der Waals surface area contributed by atoms with Gasteiger partial charge < -0.3 is 15.8 Å². The van der Waals surface area contributed by atoms with Crippen molar-refractivity contribution in [2.75, 3.05) is 13.1 Å². The maximum absolute atomic E-state index is 11.9. The Morgan fingerprint density at radius 3 is 2.57 bits per heavy atom. The van der Waals surface area contributed by atoms with Crippen LogP contribution in [0.25, 0.3) is 0 Å².